The molecule has 80 valence electrons. The highest BCUT2D eigenvalue weighted by molar-refractivity contribution is 5.77. The van der Waals surface area contributed by atoms with Crippen LogP contribution in [0.3, 0.4) is 0 Å². The van der Waals surface area contributed by atoms with Crippen molar-refractivity contribution in [2.45, 2.75) is 24.8 Å². The van der Waals surface area contributed by atoms with Gasteiger partial charge < -0.3 is 10.5 Å². The first kappa shape index (κ1) is 10.2. The lowest BCUT2D eigenvalue weighted by molar-refractivity contribution is 0.112. The smallest absolute Gasteiger partial charge is 0.150 e. The van der Waals surface area contributed by atoms with E-state index in [1.807, 2.05) is 6.07 Å². The minimum atomic E-state index is -0.0792. The summed E-state index contributed by atoms with van der Waals surface area (Å²) in [4.78, 5) is 10.9. The zero-order valence-corrected chi connectivity index (χ0v) is 8.82. The molecule has 1 aliphatic rings. The Labute approximate surface area is 89.2 Å². The Morgan fingerprint density at radius 1 is 1.53 bits per heavy atom. The second-order valence-electron chi connectivity index (χ2n) is 4.22. The maximum absolute atomic E-state index is 10.9. The molecule has 3 nitrogen and oxygen atoms in total. The van der Waals surface area contributed by atoms with Gasteiger partial charge in [0.25, 0.3) is 0 Å². The van der Waals surface area contributed by atoms with Gasteiger partial charge >= 0.3 is 0 Å². The molecule has 0 spiro atoms. The lowest BCUT2D eigenvalue weighted by atomic mass is 9.99. The minimum Gasteiger partial charge on any atom is -0.497 e. The number of aldehydes is 1. The second-order valence-corrected chi connectivity index (χ2v) is 4.22. The monoisotopic (exact) mass is 205 g/mol. The van der Waals surface area contributed by atoms with E-state index in [9.17, 15) is 4.79 Å². The zero-order chi connectivity index (χ0) is 10.9. The summed E-state index contributed by atoms with van der Waals surface area (Å²) in [5.41, 5.74) is 7.66. The van der Waals surface area contributed by atoms with Crippen LogP contribution < -0.4 is 10.5 Å². The molecule has 0 amide bonds. The van der Waals surface area contributed by atoms with Gasteiger partial charge in [-0.3, -0.25) is 4.79 Å². The van der Waals surface area contributed by atoms with E-state index in [2.05, 4.69) is 0 Å². The second kappa shape index (κ2) is 3.66. The molecule has 2 N–H and O–H groups in total. The lowest BCUT2D eigenvalue weighted by Gasteiger charge is -2.11. The predicted molar refractivity (Wildman–Crippen MR) is 58.2 cm³/mol. The molecule has 0 aromatic heterocycles. The largest absolute Gasteiger partial charge is 0.497 e. The summed E-state index contributed by atoms with van der Waals surface area (Å²) >= 11 is 0. The van der Waals surface area contributed by atoms with Crippen molar-refractivity contribution in [1.82, 2.24) is 0 Å². The van der Waals surface area contributed by atoms with Crippen molar-refractivity contribution in [3.63, 3.8) is 0 Å². The van der Waals surface area contributed by atoms with E-state index < -0.39 is 0 Å². The summed E-state index contributed by atoms with van der Waals surface area (Å²) < 4.78 is 5.13. The fourth-order valence-corrected chi connectivity index (χ4v) is 1.69. The number of carbonyl (C=O) groups is 1. The van der Waals surface area contributed by atoms with Crippen LogP contribution in [0.25, 0.3) is 0 Å². The first-order valence-electron chi connectivity index (χ1n) is 5.08. The summed E-state index contributed by atoms with van der Waals surface area (Å²) in [7, 11) is 1.62. The number of hydrogen-bond donors (Lipinski definition) is 1. The Kier molecular flexibility index (Phi) is 2.49. The van der Waals surface area contributed by atoms with Crippen molar-refractivity contribution in [3.8, 4) is 5.75 Å². The molecular formula is C12H15NO2. The summed E-state index contributed by atoms with van der Waals surface area (Å²) in [5, 5.41) is 0. The highest BCUT2D eigenvalue weighted by Crippen LogP contribution is 2.36. The maximum atomic E-state index is 10.9. The van der Waals surface area contributed by atoms with Gasteiger partial charge in [0.05, 0.1) is 7.11 Å². The summed E-state index contributed by atoms with van der Waals surface area (Å²) in [5.74, 6) is 0.778. The van der Waals surface area contributed by atoms with Crippen LogP contribution in [0.1, 0.15) is 28.8 Å². The predicted octanol–water partition coefficient (Wildman–Crippen LogP) is 1.54. The molecule has 1 saturated carbocycles. The van der Waals surface area contributed by atoms with Crippen molar-refractivity contribution in [3.05, 3.63) is 29.3 Å². The normalized spacial score (nSPS) is 17.2. The van der Waals surface area contributed by atoms with Crippen LogP contribution in [0, 0.1) is 0 Å². The molecule has 0 aliphatic heterocycles. The number of ether oxygens (including phenoxy) is 1. The number of methoxy groups -OCH3 is 1. The van der Waals surface area contributed by atoms with Gasteiger partial charge in [0, 0.05) is 11.1 Å². The standard InChI is InChI=1S/C12H15NO2/c1-15-11-3-2-9(8-14)10(6-11)7-12(13)4-5-12/h2-3,6,8H,4-5,7,13H2,1H3. The van der Waals surface area contributed by atoms with Crippen LogP contribution in [0.2, 0.25) is 0 Å². The summed E-state index contributed by atoms with van der Waals surface area (Å²) in [6.45, 7) is 0. The van der Waals surface area contributed by atoms with Crippen LogP contribution in [-0.2, 0) is 6.42 Å². The van der Waals surface area contributed by atoms with Gasteiger partial charge in [-0.05, 0) is 43.0 Å². The van der Waals surface area contributed by atoms with E-state index >= 15 is 0 Å². The topological polar surface area (TPSA) is 52.3 Å². The van der Waals surface area contributed by atoms with Gasteiger partial charge in [0.1, 0.15) is 12.0 Å². The van der Waals surface area contributed by atoms with E-state index in [4.69, 9.17) is 10.5 Å². The quantitative estimate of drug-likeness (QED) is 0.758. The Balaban J connectivity index is 2.28. The number of nitrogens with two attached hydrogens (primary N) is 1. The molecule has 1 aromatic carbocycles. The van der Waals surface area contributed by atoms with Crippen LogP contribution >= 0.6 is 0 Å². The van der Waals surface area contributed by atoms with Crippen LogP contribution in [0.4, 0.5) is 0 Å². The molecule has 1 aromatic rings. The number of carbonyl (C=O) groups excluding carboxylic acids is 1. The Hall–Kier alpha value is -1.35. The third-order valence-electron chi connectivity index (χ3n) is 2.91. The minimum absolute atomic E-state index is 0.0792. The third kappa shape index (κ3) is 2.18. The molecular weight excluding hydrogens is 190 g/mol. The van der Waals surface area contributed by atoms with Crippen molar-refractivity contribution in [2.75, 3.05) is 7.11 Å². The highest BCUT2D eigenvalue weighted by Gasteiger charge is 2.38. The number of rotatable bonds is 4. The fourth-order valence-electron chi connectivity index (χ4n) is 1.69. The van der Waals surface area contributed by atoms with Crippen LogP contribution in [0.15, 0.2) is 18.2 Å². The van der Waals surface area contributed by atoms with Crippen LogP contribution in [-0.4, -0.2) is 18.9 Å². The van der Waals surface area contributed by atoms with Gasteiger partial charge in [-0.25, -0.2) is 0 Å². The average Bonchev–Trinajstić information content (AvgIpc) is 2.96. The Morgan fingerprint density at radius 2 is 2.27 bits per heavy atom. The highest BCUT2D eigenvalue weighted by atomic mass is 16.5. The van der Waals surface area contributed by atoms with E-state index in [0.717, 1.165) is 36.9 Å². The molecule has 0 saturated heterocycles. The van der Waals surface area contributed by atoms with Crippen molar-refractivity contribution >= 4 is 6.29 Å². The van der Waals surface area contributed by atoms with E-state index in [1.54, 1.807) is 19.2 Å². The number of hydrogen-bond acceptors (Lipinski definition) is 3. The number of benzene rings is 1. The average molecular weight is 205 g/mol. The molecule has 1 aliphatic carbocycles. The molecule has 1 fully saturated rings. The van der Waals surface area contributed by atoms with Crippen molar-refractivity contribution < 1.29 is 9.53 Å². The molecule has 2 rings (SSSR count). The first-order valence-corrected chi connectivity index (χ1v) is 5.08. The maximum Gasteiger partial charge on any atom is 0.150 e. The van der Waals surface area contributed by atoms with Crippen molar-refractivity contribution in [2.24, 2.45) is 5.73 Å². The first-order chi connectivity index (χ1) is 7.17. The molecule has 0 heterocycles. The van der Waals surface area contributed by atoms with Gasteiger partial charge in [-0.15, -0.1) is 0 Å². The molecule has 15 heavy (non-hydrogen) atoms. The molecule has 0 atom stereocenters. The van der Waals surface area contributed by atoms with Gasteiger partial charge in [-0.1, -0.05) is 0 Å². The summed E-state index contributed by atoms with van der Waals surface area (Å²) in [6.07, 6.45) is 3.73. The van der Waals surface area contributed by atoms with Gasteiger partial charge in [0.2, 0.25) is 0 Å². The van der Waals surface area contributed by atoms with Gasteiger partial charge in [-0.2, -0.15) is 0 Å². The van der Waals surface area contributed by atoms with Crippen molar-refractivity contribution in [1.29, 1.82) is 0 Å². The van der Waals surface area contributed by atoms with Crippen LogP contribution in [0.5, 0.6) is 5.75 Å². The lowest BCUT2D eigenvalue weighted by Crippen LogP contribution is -2.25. The van der Waals surface area contributed by atoms with E-state index in [-0.39, 0.29) is 5.54 Å². The fraction of sp³-hybridized carbons (Fsp3) is 0.417. The SMILES string of the molecule is COc1ccc(C=O)c(CC2(N)CC2)c1. The Morgan fingerprint density at radius 3 is 2.80 bits per heavy atom. The van der Waals surface area contributed by atoms with E-state index in [0.29, 0.717) is 5.56 Å². The third-order valence-corrected chi connectivity index (χ3v) is 2.91. The molecule has 3 heteroatoms. The molecule has 0 unspecified atom stereocenters. The van der Waals surface area contributed by atoms with E-state index in [1.165, 1.54) is 0 Å². The molecule has 0 radical (unpaired) electrons. The zero-order valence-electron chi connectivity index (χ0n) is 8.82. The summed E-state index contributed by atoms with van der Waals surface area (Å²) in [6, 6.07) is 5.48. The molecule has 0 bridgehead atoms. The van der Waals surface area contributed by atoms with Gasteiger partial charge in [0.15, 0.2) is 0 Å². The Bertz CT molecular complexity index is 383.